The molecule has 2 aliphatic heterocycles. The first-order valence-corrected chi connectivity index (χ1v) is 10.2. The van der Waals surface area contributed by atoms with Crippen LogP contribution in [-0.4, -0.2) is 31.6 Å². The molecule has 1 saturated heterocycles. The molecule has 29 heavy (non-hydrogen) atoms. The lowest BCUT2D eigenvalue weighted by Gasteiger charge is -2.21. The Balaban J connectivity index is 1.55. The van der Waals surface area contributed by atoms with Crippen LogP contribution in [0.2, 0.25) is 5.02 Å². The van der Waals surface area contributed by atoms with Gasteiger partial charge in [-0.05, 0) is 49.2 Å². The average molecular weight is 415 g/mol. The minimum Gasteiger partial charge on any atom is -0.490 e. The standard InChI is InChI=1S/C22H23ClN2O4/c1-14(15-5-8-19-20(12-15)29-11-3-10-28-19)24-22(27)17-7-6-16(23)13-18(17)25-9-2-4-21(25)26/h5-8,12-14H,2-4,9-11H2,1H3,(H,24,27). The molecule has 0 saturated carbocycles. The molecule has 4 rings (SSSR count). The average Bonchev–Trinajstić information content (AvgIpc) is 2.99. The summed E-state index contributed by atoms with van der Waals surface area (Å²) in [5.41, 5.74) is 1.91. The summed E-state index contributed by atoms with van der Waals surface area (Å²) in [6.45, 7) is 3.74. The molecule has 1 unspecified atom stereocenters. The summed E-state index contributed by atoms with van der Waals surface area (Å²) < 4.78 is 11.4. The highest BCUT2D eigenvalue weighted by Crippen LogP contribution is 2.33. The number of carbonyl (C=O) groups excluding carboxylic acids is 2. The first-order chi connectivity index (χ1) is 14.0. The predicted molar refractivity (Wildman–Crippen MR) is 111 cm³/mol. The van der Waals surface area contributed by atoms with Crippen LogP contribution in [0.15, 0.2) is 36.4 Å². The van der Waals surface area contributed by atoms with Crippen LogP contribution in [0, 0.1) is 0 Å². The second-order valence-electron chi connectivity index (χ2n) is 7.26. The van der Waals surface area contributed by atoms with E-state index in [9.17, 15) is 9.59 Å². The summed E-state index contributed by atoms with van der Waals surface area (Å²) in [7, 11) is 0. The van der Waals surface area contributed by atoms with Gasteiger partial charge in [0.2, 0.25) is 5.91 Å². The Labute approximate surface area is 174 Å². The Morgan fingerprint density at radius 3 is 2.66 bits per heavy atom. The Morgan fingerprint density at radius 1 is 1.10 bits per heavy atom. The van der Waals surface area contributed by atoms with Crippen LogP contribution >= 0.6 is 11.6 Å². The van der Waals surface area contributed by atoms with Gasteiger partial charge < -0.3 is 19.7 Å². The summed E-state index contributed by atoms with van der Waals surface area (Å²) in [5.74, 6) is 1.17. The van der Waals surface area contributed by atoms with E-state index in [1.807, 2.05) is 25.1 Å². The maximum Gasteiger partial charge on any atom is 0.253 e. The predicted octanol–water partition coefficient (Wildman–Crippen LogP) is 4.12. The number of ether oxygens (including phenoxy) is 2. The van der Waals surface area contributed by atoms with E-state index < -0.39 is 0 Å². The van der Waals surface area contributed by atoms with Gasteiger partial charge in [-0.15, -0.1) is 0 Å². The van der Waals surface area contributed by atoms with Crippen LogP contribution in [0.3, 0.4) is 0 Å². The van der Waals surface area contributed by atoms with Gasteiger partial charge in [0.25, 0.3) is 5.91 Å². The Morgan fingerprint density at radius 2 is 1.90 bits per heavy atom. The van der Waals surface area contributed by atoms with Crippen molar-refractivity contribution in [1.29, 1.82) is 0 Å². The van der Waals surface area contributed by atoms with Crippen molar-refractivity contribution in [2.24, 2.45) is 0 Å². The van der Waals surface area contributed by atoms with Gasteiger partial charge in [0.05, 0.1) is 30.5 Å². The molecule has 0 aromatic heterocycles. The summed E-state index contributed by atoms with van der Waals surface area (Å²) in [6, 6.07) is 10.5. The number of anilines is 1. The molecule has 2 heterocycles. The number of nitrogens with zero attached hydrogens (tertiary/aromatic N) is 1. The molecule has 0 aliphatic carbocycles. The third-order valence-electron chi connectivity index (χ3n) is 5.19. The van der Waals surface area contributed by atoms with Crippen LogP contribution in [0.4, 0.5) is 5.69 Å². The summed E-state index contributed by atoms with van der Waals surface area (Å²) in [4.78, 5) is 26.9. The number of fused-ring (bicyclic) bond motifs is 1. The van der Waals surface area contributed by atoms with Gasteiger partial charge in [0, 0.05) is 24.4 Å². The van der Waals surface area contributed by atoms with Crippen molar-refractivity contribution in [2.45, 2.75) is 32.2 Å². The zero-order chi connectivity index (χ0) is 20.4. The Bertz CT molecular complexity index is 946. The normalized spacial score (nSPS) is 17.0. The SMILES string of the molecule is CC(NC(=O)c1ccc(Cl)cc1N1CCCC1=O)c1ccc2c(c1)OCCCO2. The van der Waals surface area contributed by atoms with E-state index in [1.165, 1.54) is 0 Å². The van der Waals surface area contributed by atoms with Crippen molar-refractivity contribution in [1.82, 2.24) is 5.32 Å². The zero-order valence-corrected chi connectivity index (χ0v) is 17.0. The highest BCUT2D eigenvalue weighted by molar-refractivity contribution is 6.31. The van der Waals surface area contributed by atoms with Gasteiger partial charge in [-0.2, -0.15) is 0 Å². The molecule has 152 valence electrons. The molecule has 0 radical (unpaired) electrons. The fraction of sp³-hybridized carbons (Fsp3) is 0.364. The first kappa shape index (κ1) is 19.6. The number of benzene rings is 2. The molecule has 7 heteroatoms. The fourth-order valence-corrected chi connectivity index (χ4v) is 3.80. The van der Waals surface area contributed by atoms with Crippen LogP contribution in [-0.2, 0) is 4.79 Å². The topological polar surface area (TPSA) is 67.9 Å². The number of nitrogens with one attached hydrogen (secondary N) is 1. The van der Waals surface area contributed by atoms with Crippen molar-refractivity contribution >= 4 is 29.1 Å². The van der Waals surface area contributed by atoms with E-state index in [-0.39, 0.29) is 17.9 Å². The zero-order valence-electron chi connectivity index (χ0n) is 16.2. The first-order valence-electron chi connectivity index (χ1n) is 9.83. The molecule has 0 bridgehead atoms. The van der Waals surface area contributed by atoms with Gasteiger partial charge in [0.15, 0.2) is 11.5 Å². The van der Waals surface area contributed by atoms with Crippen molar-refractivity contribution in [3.8, 4) is 11.5 Å². The highest BCUT2D eigenvalue weighted by atomic mass is 35.5. The maximum absolute atomic E-state index is 13.0. The van der Waals surface area contributed by atoms with Crippen molar-refractivity contribution < 1.29 is 19.1 Å². The molecule has 2 amide bonds. The van der Waals surface area contributed by atoms with E-state index in [0.717, 1.165) is 24.2 Å². The van der Waals surface area contributed by atoms with Gasteiger partial charge in [-0.1, -0.05) is 17.7 Å². The van der Waals surface area contributed by atoms with E-state index in [0.29, 0.717) is 48.2 Å². The minimum absolute atomic E-state index is 0.0114. The minimum atomic E-state index is -0.254. The van der Waals surface area contributed by atoms with Gasteiger partial charge in [-0.25, -0.2) is 0 Å². The van der Waals surface area contributed by atoms with Gasteiger partial charge in [0.1, 0.15) is 0 Å². The van der Waals surface area contributed by atoms with E-state index in [4.69, 9.17) is 21.1 Å². The van der Waals surface area contributed by atoms with E-state index >= 15 is 0 Å². The molecule has 1 atom stereocenters. The Kier molecular flexibility index (Phi) is 5.62. The van der Waals surface area contributed by atoms with Crippen molar-refractivity contribution in [3.63, 3.8) is 0 Å². The van der Waals surface area contributed by atoms with E-state index in [2.05, 4.69) is 5.32 Å². The Hall–Kier alpha value is -2.73. The number of hydrogen-bond acceptors (Lipinski definition) is 4. The van der Waals surface area contributed by atoms with Crippen LogP contribution in [0.5, 0.6) is 11.5 Å². The smallest absolute Gasteiger partial charge is 0.253 e. The molecular formula is C22H23ClN2O4. The molecule has 6 nitrogen and oxygen atoms in total. The molecular weight excluding hydrogens is 392 g/mol. The molecule has 2 aliphatic rings. The number of halogens is 1. The number of hydrogen-bond donors (Lipinski definition) is 1. The van der Waals surface area contributed by atoms with Gasteiger partial charge >= 0.3 is 0 Å². The second-order valence-corrected chi connectivity index (χ2v) is 7.70. The molecule has 1 fully saturated rings. The fourth-order valence-electron chi connectivity index (χ4n) is 3.63. The van der Waals surface area contributed by atoms with Crippen LogP contribution in [0.25, 0.3) is 0 Å². The quantitative estimate of drug-likeness (QED) is 0.817. The van der Waals surface area contributed by atoms with Crippen LogP contribution in [0.1, 0.15) is 48.1 Å². The van der Waals surface area contributed by atoms with Gasteiger partial charge in [-0.3, -0.25) is 9.59 Å². The number of rotatable bonds is 4. The lowest BCUT2D eigenvalue weighted by atomic mass is 10.1. The lowest BCUT2D eigenvalue weighted by molar-refractivity contribution is -0.117. The van der Waals surface area contributed by atoms with Crippen molar-refractivity contribution in [2.75, 3.05) is 24.7 Å². The maximum atomic E-state index is 13.0. The molecule has 2 aromatic carbocycles. The van der Waals surface area contributed by atoms with Crippen LogP contribution < -0.4 is 19.7 Å². The molecule has 0 spiro atoms. The van der Waals surface area contributed by atoms with Crippen molar-refractivity contribution in [3.05, 3.63) is 52.5 Å². The third kappa shape index (κ3) is 4.17. The monoisotopic (exact) mass is 414 g/mol. The molecule has 1 N–H and O–H groups in total. The second kappa shape index (κ2) is 8.33. The summed E-state index contributed by atoms with van der Waals surface area (Å²) >= 11 is 6.13. The highest BCUT2D eigenvalue weighted by Gasteiger charge is 2.27. The van der Waals surface area contributed by atoms with E-state index in [1.54, 1.807) is 23.1 Å². The largest absolute Gasteiger partial charge is 0.490 e. The lowest BCUT2D eigenvalue weighted by Crippen LogP contribution is -2.31. The summed E-state index contributed by atoms with van der Waals surface area (Å²) in [5, 5.41) is 3.51. The molecule has 2 aromatic rings. The summed E-state index contributed by atoms with van der Waals surface area (Å²) in [6.07, 6.45) is 2.10. The third-order valence-corrected chi connectivity index (χ3v) is 5.42. The number of amides is 2. The number of carbonyl (C=O) groups is 2.